The number of halogens is 1. The molecule has 2 atom stereocenters. The lowest BCUT2D eigenvalue weighted by Gasteiger charge is -2.17. The van der Waals surface area contributed by atoms with E-state index >= 15 is 0 Å². The van der Waals surface area contributed by atoms with Gasteiger partial charge in [0.25, 0.3) is 0 Å². The van der Waals surface area contributed by atoms with Crippen molar-refractivity contribution in [2.75, 3.05) is 11.9 Å². The average Bonchev–Trinajstić information content (AvgIpc) is 3.05. The molecule has 1 aromatic rings. The van der Waals surface area contributed by atoms with E-state index in [1.807, 2.05) is 0 Å². The molecular weight excluding hydrogens is 238 g/mol. The SMILES string of the molecule is CC1OCCC1Nc1cc(Cl)nc(C2CC2)n1. The van der Waals surface area contributed by atoms with Crippen LogP contribution in [0.3, 0.4) is 0 Å². The van der Waals surface area contributed by atoms with E-state index in [0.29, 0.717) is 17.1 Å². The molecule has 3 rings (SSSR count). The van der Waals surface area contributed by atoms with Gasteiger partial charge in [-0.15, -0.1) is 0 Å². The molecule has 1 saturated carbocycles. The molecule has 1 saturated heterocycles. The Bertz CT molecular complexity index is 422. The van der Waals surface area contributed by atoms with Crippen LogP contribution in [0.2, 0.25) is 5.15 Å². The van der Waals surface area contributed by atoms with Crippen LogP contribution in [0.15, 0.2) is 6.07 Å². The smallest absolute Gasteiger partial charge is 0.135 e. The zero-order valence-electron chi connectivity index (χ0n) is 9.82. The normalized spacial score (nSPS) is 28.4. The van der Waals surface area contributed by atoms with Crippen LogP contribution < -0.4 is 5.32 Å². The third kappa shape index (κ3) is 2.53. The maximum Gasteiger partial charge on any atom is 0.135 e. The van der Waals surface area contributed by atoms with Crippen molar-refractivity contribution >= 4 is 17.4 Å². The van der Waals surface area contributed by atoms with Gasteiger partial charge in [0, 0.05) is 18.6 Å². The van der Waals surface area contributed by atoms with Gasteiger partial charge in [-0.1, -0.05) is 11.6 Å². The highest BCUT2D eigenvalue weighted by Crippen LogP contribution is 2.38. The predicted octanol–water partition coefficient (Wildman–Crippen LogP) is 2.60. The summed E-state index contributed by atoms with van der Waals surface area (Å²) < 4.78 is 5.52. The van der Waals surface area contributed by atoms with Crippen molar-refractivity contribution in [3.05, 3.63) is 17.0 Å². The summed E-state index contributed by atoms with van der Waals surface area (Å²) in [5.41, 5.74) is 0. The minimum Gasteiger partial charge on any atom is -0.376 e. The molecule has 2 aliphatic rings. The summed E-state index contributed by atoms with van der Waals surface area (Å²) in [4.78, 5) is 8.80. The fourth-order valence-corrected chi connectivity index (χ4v) is 2.33. The highest BCUT2D eigenvalue weighted by molar-refractivity contribution is 6.29. The van der Waals surface area contributed by atoms with Gasteiger partial charge in [0.05, 0.1) is 12.1 Å². The van der Waals surface area contributed by atoms with Crippen molar-refractivity contribution in [1.29, 1.82) is 0 Å². The second-order valence-corrected chi connectivity index (χ2v) is 5.21. The van der Waals surface area contributed by atoms with E-state index in [2.05, 4.69) is 22.2 Å². The molecule has 4 nitrogen and oxygen atoms in total. The van der Waals surface area contributed by atoms with Gasteiger partial charge in [0.15, 0.2) is 0 Å². The van der Waals surface area contributed by atoms with Crippen LogP contribution in [-0.4, -0.2) is 28.7 Å². The van der Waals surface area contributed by atoms with Crippen molar-refractivity contribution in [1.82, 2.24) is 9.97 Å². The maximum absolute atomic E-state index is 6.02. The third-order valence-corrected chi connectivity index (χ3v) is 3.56. The first-order valence-electron chi connectivity index (χ1n) is 6.15. The molecule has 5 heteroatoms. The maximum atomic E-state index is 6.02. The molecule has 17 heavy (non-hydrogen) atoms. The summed E-state index contributed by atoms with van der Waals surface area (Å²) in [5.74, 6) is 2.23. The van der Waals surface area contributed by atoms with E-state index in [4.69, 9.17) is 16.3 Å². The topological polar surface area (TPSA) is 47.0 Å². The van der Waals surface area contributed by atoms with Crippen LogP contribution in [0.25, 0.3) is 0 Å². The van der Waals surface area contributed by atoms with Crippen LogP contribution >= 0.6 is 11.6 Å². The number of rotatable bonds is 3. The molecule has 1 aliphatic heterocycles. The lowest BCUT2D eigenvalue weighted by molar-refractivity contribution is 0.121. The quantitative estimate of drug-likeness (QED) is 0.842. The molecule has 1 aliphatic carbocycles. The summed E-state index contributed by atoms with van der Waals surface area (Å²) in [6, 6.07) is 2.12. The molecule has 0 radical (unpaired) electrons. The molecule has 2 unspecified atom stereocenters. The molecule has 0 spiro atoms. The average molecular weight is 254 g/mol. The number of hydrogen-bond donors (Lipinski definition) is 1. The van der Waals surface area contributed by atoms with Gasteiger partial charge in [-0.05, 0) is 26.2 Å². The Labute approximate surface area is 106 Å². The number of anilines is 1. The summed E-state index contributed by atoms with van der Waals surface area (Å²) >= 11 is 6.02. The van der Waals surface area contributed by atoms with Gasteiger partial charge in [-0.3, -0.25) is 0 Å². The molecule has 92 valence electrons. The molecule has 1 aromatic heterocycles. The largest absolute Gasteiger partial charge is 0.376 e. The minimum atomic E-state index is 0.230. The van der Waals surface area contributed by atoms with E-state index in [9.17, 15) is 0 Å². The van der Waals surface area contributed by atoms with Gasteiger partial charge >= 0.3 is 0 Å². The highest BCUT2D eigenvalue weighted by atomic mass is 35.5. The third-order valence-electron chi connectivity index (χ3n) is 3.36. The van der Waals surface area contributed by atoms with Crippen molar-refractivity contribution in [2.45, 2.75) is 44.2 Å². The van der Waals surface area contributed by atoms with E-state index < -0.39 is 0 Å². The number of aromatic nitrogens is 2. The van der Waals surface area contributed by atoms with E-state index in [1.165, 1.54) is 12.8 Å². The number of nitrogens with one attached hydrogen (secondary N) is 1. The lowest BCUT2D eigenvalue weighted by atomic mass is 10.1. The minimum absolute atomic E-state index is 0.230. The zero-order valence-corrected chi connectivity index (χ0v) is 10.6. The van der Waals surface area contributed by atoms with E-state index in [0.717, 1.165) is 24.7 Å². The standard InChI is InChI=1S/C12H16ClN3O/c1-7-9(4-5-17-7)14-11-6-10(13)15-12(16-11)8-2-3-8/h6-9H,2-5H2,1H3,(H,14,15,16). The second-order valence-electron chi connectivity index (χ2n) is 4.82. The Balaban J connectivity index is 1.77. The Morgan fingerprint density at radius 2 is 2.18 bits per heavy atom. The van der Waals surface area contributed by atoms with Crippen LogP contribution in [-0.2, 0) is 4.74 Å². The Kier molecular flexibility index (Phi) is 2.92. The van der Waals surface area contributed by atoms with E-state index in [-0.39, 0.29) is 6.10 Å². The van der Waals surface area contributed by atoms with Gasteiger partial charge in [-0.25, -0.2) is 9.97 Å². The predicted molar refractivity (Wildman–Crippen MR) is 66.5 cm³/mol. The first-order valence-corrected chi connectivity index (χ1v) is 6.53. The fraction of sp³-hybridized carbons (Fsp3) is 0.667. The summed E-state index contributed by atoms with van der Waals surface area (Å²) in [6.07, 6.45) is 3.61. The van der Waals surface area contributed by atoms with Crippen LogP contribution in [0.4, 0.5) is 5.82 Å². The second kappa shape index (κ2) is 4.42. The number of nitrogens with zero attached hydrogens (tertiary/aromatic N) is 2. The molecule has 0 aromatic carbocycles. The first kappa shape index (κ1) is 11.2. The number of ether oxygens (including phenoxy) is 1. The molecule has 2 heterocycles. The number of hydrogen-bond acceptors (Lipinski definition) is 4. The van der Waals surface area contributed by atoms with Crippen molar-refractivity contribution in [3.8, 4) is 0 Å². The van der Waals surface area contributed by atoms with Crippen molar-refractivity contribution < 1.29 is 4.74 Å². The summed E-state index contributed by atoms with van der Waals surface area (Å²) in [7, 11) is 0. The molecular formula is C12H16ClN3O. The highest BCUT2D eigenvalue weighted by Gasteiger charge is 2.28. The zero-order chi connectivity index (χ0) is 11.8. The molecule has 2 fully saturated rings. The van der Waals surface area contributed by atoms with Crippen molar-refractivity contribution in [2.24, 2.45) is 0 Å². The monoisotopic (exact) mass is 253 g/mol. The fourth-order valence-electron chi connectivity index (χ4n) is 2.14. The Hall–Kier alpha value is -0.870. The van der Waals surface area contributed by atoms with Crippen LogP contribution in [0.1, 0.15) is 37.9 Å². The first-order chi connectivity index (χ1) is 8.22. The molecule has 1 N–H and O–H groups in total. The van der Waals surface area contributed by atoms with Gasteiger partial charge < -0.3 is 10.1 Å². The van der Waals surface area contributed by atoms with E-state index in [1.54, 1.807) is 6.07 Å². The summed E-state index contributed by atoms with van der Waals surface area (Å²) in [5, 5.41) is 3.92. The van der Waals surface area contributed by atoms with Crippen molar-refractivity contribution in [3.63, 3.8) is 0 Å². The molecule has 0 bridgehead atoms. The lowest BCUT2D eigenvalue weighted by Crippen LogP contribution is -2.27. The summed E-state index contributed by atoms with van der Waals surface area (Å²) in [6.45, 7) is 2.89. The molecule has 0 amide bonds. The Morgan fingerprint density at radius 3 is 2.82 bits per heavy atom. The Morgan fingerprint density at radius 1 is 1.35 bits per heavy atom. The van der Waals surface area contributed by atoms with Gasteiger partial charge in [0.1, 0.15) is 16.8 Å². The van der Waals surface area contributed by atoms with Gasteiger partial charge in [-0.2, -0.15) is 0 Å². The van der Waals surface area contributed by atoms with Crippen LogP contribution in [0, 0.1) is 0 Å². The van der Waals surface area contributed by atoms with Crippen LogP contribution in [0.5, 0.6) is 0 Å². The van der Waals surface area contributed by atoms with Gasteiger partial charge in [0.2, 0.25) is 0 Å².